The number of para-hydroxylation sites is 1. The number of aromatic amines is 2. The van der Waals surface area contributed by atoms with Gasteiger partial charge in [0.1, 0.15) is 12.0 Å². The van der Waals surface area contributed by atoms with Crippen LogP contribution < -0.4 is 0 Å². The maximum atomic E-state index is 4.40. The molecule has 0 spiro atoms. The van der Waals surface area contributed by atoms with Gasteiger partial charge in [0.15, 0.2) is 0 Å². The number of aromatic nitrogens is 5. The fourth-order valence-electron chi connectivity index (χ4n) is 2.25. The highest BCUT2D eigenvalue weighted by Gasteiger charge is 2.10. The van der Waals surface area contributed by atoms with Crippen molar-refractivity contribution in [1.82, 2.24) is 25.1 Å². The summed E-state index contributed by atoms with van der Waals surface area (Å²) in [4.78, 5) is 11.7. The summed E-state index contributed by atoms with van der Waals surface area (Å²) in [5, 5.41) is 9.19. The molecule has 0 aliphatic heterocycles. The van der Waals surface area contributed by atoms with Crippen LogP contribution in [0, 0.1) is 0 Å². The predicted octanol–water partition coefficient (Wildman–Crippen LogP) is 2.50. The minimum absolute atomic E-state index is 0.844. The number of nitrogens with one attached hydrogen (secondary N) is 2. The normalized spacial score (nSPS) is 11.3. The molecule has 86 valence electrons. The molecule has 18 heavy (non-hydrogen) atoms. The van der Waals surface area contributed by atoms with Crippen LogP contribution in [0.1, 0.15) is 0 Å². The van der Waals surface area contributed by atoms with Crippen molar-refractivity contribution < 1.29 is 0 Å². The maximum Gasteiger partial charge on any atom is 0.141 e. The van der Waals surface area contributed by atoms with Crippen molar-refractivity contribution in [2.24, 2.45) is 0 Å². The maximum absolute atomic E-state index is 4.40. The summed E-state index contributed by atoms with van der Waals surface area (Å²) in [5.41, 5.74) is 3.79. The zero-order valence-corrected chi connectivity index (χ0v) is 9.38. The molecule has 0 fully saturated rings. The Hall–Kier alpha value is -2.69. The van der Waals surface area contributed by atoms with Crippen LogP contribution in [0.4, 0.5) is 0 Å². The van der Waals surface area contributed by atoms with E-state index in [2.05, 4.69) is 25.1 Å². The van der Waals surface area contributed by atoms with Gasteiger partial charge in [-0.25, -0.2) is 9.97 Å². The van der Waals surface area contributed by atoms with Crippen LogP contribution in [0.15, 0.2) is 43.0 Å². The van der Waals surface area contributed by atoms with Gasteiger partial charge in [0.25, 0.3) is 0 Å². The molecule has 2 N–H and O–H groups in total. The summed E-state index contributed by atoms with van der Waals surface area (Å²) < 4.78 is 0. The fraction of sp³-hybridized carbons (Fsp3) is 0. The van der Waals surface area contributed by atoms with Crippen LogP contribution in [0.2, 0.25) is 0 Å². The van der Waals surface area contributed by atoms with Crippen molar-refractivity contribution in [3.8, 4) is 11.3 Å². The molecule has 0 atom stereocenters. The van der Waals surface area contributed by atoms with Crippen LogP contribution >= 0.6 is 0 Å². The molecule has 0 aliphatic carbocycles. The van der Waals surface area contributed by atoms with Crippen molar-refractivity contribution in [2.45, 2.75) is 0 Å². The predicted molar refractivity (Wildman–Crippen MR) is 69.0 cm³/mol. The summed E-state index contributed by atoms with van der Waals surface area (Å²) >= 11 is 0. The molecule has 0 bridgehead atoms. The number of fused-ring (bicyclic) bond motifs is 2. The summed E-state index contributed by atoms with van der Waals surface area (Å²) in [5.74, 6) is 0. The highest BCUT2D eigenvalue weighted by Crippen LogP contribution is 2.29. The lowest BCUT2D eigenvalue weighted by molar-refractivity contribution is 1.12. The van der Waals surface area contributed by atoms with Gasteiger partial charge in [0, 0.05) is 22.5 Å². The van der Waals surface area contributed by atoms with Gasteiger partial charge in [-0.2, -0.15) is 5.10 Å². The lowest BCUT2D eigenvalue weighted by Gasteiger charge is -2.03. The molecule has 5 nitrogen and oxygen atoms in total. The number of rotatable bonds is 1. The zero-order valence-electron chi connectivity index (χ0n) is 9.38. The van der Waals surface area contributed by atoms with E-state index in [1.54, 1.807) is 6.33 Å². The van der Waals surface area contributed by atoms with Crippen molar-refractivity contribution in [3.05, 3.63) is 43.0 Å². The van der Waals surface area contributed by atoms with Gasteiger partial charge in [-0.3, -0.25) is 5.10 Å². The minimum atomic E-state index is 0.844. The van der Waals surface area contributed by atoms with Gasteiger partial charge in [0.05, 0.1) is 17.4 Å². The second-order valence-electron chi connectivity index (χ2n) is 4.10. The molecular weight excluding hydrogens is 226 g/mol. The van der Waals surface area contributed by atoms with Crippen LogP contribution in [0.3, 0.4) is 0 Å². The number of nitrogens with zero attached hydrogens (tertiary/aromatic N) is 3. The number of benzene rings is 1. The Balaban J connectivity index is 2.13. The molecule has 0 radical (unpaired) electrons. The Labute approximate surface area is 102 Å². The smallest absolute Gasteiger partial charge is 0.141 e. The van der Waals surface area contributed by atoms with Gasteiger partial charge in [-0.15, -0.1) is 0 Å². The summed E-state index contributed by atoms with van der Waals surface area (Å²) in [7, 11) is 0. The SMILES string of the molecule is c1cc(-c2ncnc3[nH]ccc23)c2[nH]ncc2c1. The Morgan fingerprint density at radius 2 is 2.06 bits per heavy atom. The third-order valence-electron chi connectivity index (χ3n) is 3.09. The second kappa shape index (κ2) is 3.40. The Morgan fingerprint density at radius 1 is 1.06 bits per heavy atom. The van der Waals surface area contributed by atoms with E-state index in [9.17, 15) is 0 Å². The zero-order chi connectivity index (χ0) is 11.9. The highest BCUT2D eigenvalue weighted by molar-refractivity contribution is 6.00. The first kappa shape index (κ1) is 9.35. The molecular formula is C13H9N5. The molecule has 0 saturated carbocycles. The largest absolute Gasteiger partial charge is 0.346 e. The van der Waals surface area contributed by atoms with Crippen molar-refractivity contribution in [2.75, 3.05) is 0 Å². The quantitative estimate of drug-likeness (QED) is 0.532. The fourth-order valence-corrected chi connectivity index (χ4v) is 2.25. The van der Waals surface area contributed by atoms with Crippen molar-refractivity contribution >= 4 is 21.9 Å². The van der Waals surface area contributed by atoms with Gasteiger partial charge in [-0.1, -0.05) is 18.2 Å². The highest BCUT2D eigenvalue weighted by atomic mass is 15.1. The third-order valence-corrected chi connectivity index (χ3v) is 3.09. The molecule has 0 aliphatic rings. The first-order valence-corrected chi connectivity index (χ1v) is 5.64. The average Bonchev–Trinajstić information content (AvgIpc) is 3.06. The van der Waals surface area contributed by atoms with E-state index >= 15 is 0 Å². The van der Waals surface area contributed by atoms with E-state index < -0.39 is 0 Å². The monoisotopic (exact) mass is 235 g/mol. The van der Waals surface area contributed by atoms with E-state index in [-0.39, 0.29) is 0 Å². The summed E-state index contributed by atoms with van der Waals surface area (Å²) in [6.07, 6.45) is 5.26. The molecule has 1 aromatic carbocycles. The van der Waals surface area contributed by atoms with Crippen LogP contribution in [0.5, 0.6) is 0 Å². The van der Waals surface area contributed by atoms with E-state index in [0.29, 0.717) is 0 Å². The first-order chi connectivity index (χ1) is 8.93. The summed E-state index contributed by atoms with van der Waals surface area (Å²) in [6, 6.07) is 8.06. The van der Waals surface area contributed by atoms with Crippen LogP contribution in [-0.4, -0.2) is 25.1 Å². The molecule has 5 heteroatoms. The van der Waals surface area contributed by atoms with Crippen LogP contribution in [0.25, 0.3) is 33.2 Å². The molecule has 0 amide bonds. The molecule has 0 saturated heterocycles. The van der Waals surface area contributed by atoms with Crippen molar-refractivity contribution in [3.63, 3.8) is 0 Å². The van der Waals surface area contributed by atoms with Crippen molar-refractivity contribution in [1.29, 1.82) is 0 Å². The molecule has 4 aromatic rings. The number of H-pyrrole nitrogens is 2. The average molecular weight is 235 g/mol. The molecule has 4 rings (SSSR count). The van der Waals surface area contributed by atoms with Gasteiger partial charge in [0.2, 0.25) is 0 Å². The Kier molecular flexibility index (Phi) is 1.77. The van der Waals surface area contributed by atoms with E-state index in [4.69, 9.17) is 0 Å². The number of hydrogen-bond donors (Lipinski definition) is 2. The summed E-state index contributed by atoms with van der Waals surface area (Å²) in [6.45, 7) is 0. The second-order valence-corrected chi connectivity index (χ2v) is 4.10. The lowest BCUT2D eigenvalue weighted by Crippen LogP contribution is -1.88. The molecule has 0 unspecified atom stereocenters. The Bertz CT molecular complexity index is 770. The first-order valence-electron chi connectivity index (χ1n) is 5.64. The Morgan fingerprint density at radius 3 is 3.06 bits per heavy atom. The van der Waals surface area contributed by atoms with E-state index in [0.717, 1.165) is 33.2 Å². The van der Waals surface area contributed by atoms with E-state index in [1.807, 2.05) is 36.7 Å². The molecule has 3 aromatic heterocycles. The topological polar surface area (TPSA) is 70.2 Å². The molecule has 3 heterocycles. The third kappa shape index (κ3) is 1.18. The lowest BCUT2D eigenvalue weighted by atomic mass is 10.1. The van der Waals surface area contributed by atoms with Gasteiger partial charge >= 0.3 is 0 Å². The minimum Gasteiger partial charge on any atom is -0.346 e. The van der Waals surface area contributed by atoms with Crippen LogP contribution in [-0.2, 0) is 0 Å². The van der Waals surface area contributed by atoms with Gasteiger partial charge in [-0.05, 0) is 6.07 Å². The van der Waals surface area contributed by atoms with E-state index in [1.165, 1.54) is 0 Å². The standard InChI is InChI=1S/C13H9N5/c1-2-8-6-17-18-11(8)9(3-1)12-10-4-5-14-13(10)16-7-15-12/h1-7H,(H,17,18)(H,14,15,16). The number of hydrogen-bond acceptors (Lipinski definition) is 3. The van der Waals surface area contributed by atoms with Gasteiger partial charge < -0.3 is 4.98 Å².